The first-order valence-electron chi connectivity index (χ1n) is 11.6. The van der Waals surface area contributed by atoms with E-state index in [0.717, 1.165) is 0 Å². The van der Waals surface area contributed by atoms with Gasteiger partial charge in [0.15, 0.2) is 10.9 Å². The van der Waals surface area contributed by atoms with Crippen LogP contribution in [0.3, 0.4) is 0 Å². The van der Waals surface area contributed by atoms with Gasteiger partial charge in [0.25, 0.3) is 5.91 Å². The summed E-state index contributed by atoms with van der Waals surface area (Å²) in [5.41, 5.74) is 0.879. The van der Waals surface area contributed by atoms with Gasteiger partial charge in [0, 0.05) is 42.9 Å². The van der Waals surface area contributed by atoms with Crippen molar-refractivity contribution in [3.8, 4) is 0 Å². The van der Waals surface area contributed by atoms with Gasteiger partial charge in [0.1, 0.15) is 12.4 Å². The molecule has 2 saturated heterocycles. The summed E-state index contributed by atoms with van der Waals surface area (Å²) in [6, 6.07) is 4.97. The Morgan fingerprint density at radius 2 is 1.83 bits per heavy atom. The monoisotopic (exact) mass is 504 g/mol. The number of ether oxygens (including phenoxy) is 2. The number of hydrogen-bond acceptors (Lipinski definition) is 7. The van der Waals surface area contributed by atoms with Crippen LogP contribution in [0.15, 0.2) is 29.6 Å². The Balaban J connectivity index is 1.29. The number of aromatic nitrogens is 1. The average Bonchev–Trinajstić information content (AvgIpc) is 3.47. The number of carbonyl (C=O) groups excluding carboxylic acids is 3. The molecule has 2 aliphatic heterocycles. The molecule has 0 unspecified atom stereocenters. The Kier molecular flexibility index (Phi) is 7.78. The van der Waals surface area contributed by atoms with Crippen molar-refractivity contribution in [1.82, 2.24) is 14.8 Å². The first-order chi connectivity index (χ1) is 16.7. The van der Waals surface area contributed by atoms with E-state index in [2.05, 4.69) is 10.3 Å². The van der Waals surface area contributed by atoms with Crippen LogP contribution in [0.2, 0.25) is 0 Å². The Hall–Kier alpha value is -2.89. The molecule has 0 aliphatic carbocycles. The number of rotatable bonds is 7. The van der Waals surface area contributed by atoms with Gasteiger partial charge in [-0.05, 0) is 38.1 Å². The molecule has 1 aromatic heterocycles. The third kappa shape index (κ3) is 6.22. The van der Waals surface area contributed by atoms with Crippen LogP contribution in [-0.2, 0) is 25.5 Å². The highest BCUT2D eigenvalue weighted by molar-refractivity contribution is 7.13. The number of likely N-dealkylation sites (tertiary alicyclic amines) is 1. The normalized spacial score (nSPS) is 17.1. The summed E-state index contributed by atoms with van der Waals surface area (Å²) in [4.78, 5) is 45.7. The summed E-state index contributed by atoms with van der Waals surface area (Å²) < 4.78 is 24.6. The number of nitrogens with zero attached hydrogens (tertiary/aromatic N) is 3. The molecule has 3 heterocycles. The Bertz CT molecular complexity index is 1060. The number of hydrogen-bond donors (Lipinski definition) is 1. The van der Waals surface area contributed by atoms with E-state index in [1.807, 2.05) is 0 Å². The lowest BCUT2D eigenvalue weighted by Gasteiger charge is -2.37. The molecule has 0 bridgehead atoms. The number of amides is 3. The second kappa shape index (κ2) is 10.8. The van der Waals surface area contributed by atoms with E-state index in [0.29, 0.717) is 55.5 Å². The molecule has 11 heteroatoms. The number of anilines is 1. The smallest absolute Gasteiger partial charge is 0.254 e. The van der Waals surface area contributed by atoms with Crippen molar-refractivity contribution < 1.29 is 28.2 Å². The van der Waals surface area contributed by atoms with Crippen molar-refractivity contribution >= 4 is 34.2 Å². The first-order valence-corrected chi connectivity index (χ1v) is 12.5. The van der Waals surface area contributed by atoms with Gasteiger partial charge in [-0.25, -0.2) is 9.37 Å². The zero-order chi connectivity index (χ0) is 25.0. The quantitative estimate of drug-likeness (QED) is 0.622. The van der Waals surface area contributed by atoms with Crippen molar-refractivity contribution in [2.75, 3.05) is 38.2 Å². The molecule has 0 atom stereocenters. The molecule has 2 aliphatic rings. The number of halogens is 1. The highest BCUT2D eigenvalue weighted by Gasteiger charge is 2.40. The van der Waals surface area contributed by atoms with E-state index in [1.165, 1.54) is 40.5 Å². The maximum atomic E-state index is 13.2. The molecule has 9 nitrogen and oxygen atoms in total. The zero-order valence-electron chi connectivity index (χ0n) is 19.8. The van der Waals surface area contributed by atoms with Crippen LogP contribution in [0.4, 0.5) is 9.52 Å². The fraction of sp³-hybridized carbons (Fsp3) is 0.500. The van der Waals surface area contributed by atoms with Crippen LogP contribution in [0, 0.1) is 5.82 Å². The van der Waals surface area contributed by atoms with Crippen LogP contribution in [0.25, 0.3) is 0 Å². The van der Waals surface area contributed by atoms with E-state index in [1.54, 1.807) is 24.1 Å². The van der Waals surface area contributed by atoms with Gasteiger partial charge >= 0.3 is 0 Å². The largest absolute Gasteiger partial charge is 0.347 e. The number of nitrogens with one attached hydrogen (secondary N) is 1. The topological polar surface area (TPSA) is 101 Å². The lowest BCUT2D eigenvalue weighted by atomic mass is 10.0. The Morgan fingerprint density at radius 1 is 1.17 bits per heavy atom. The molecule has 4 rings (SSSR count). The molecule has 188 valence electrons. The van der Waals surface area contributed by atoms with Gasteiger partial charge < -0.3 is 24.6 Å². The highest BCUT2D eigenvalue weighted by atomic mass is 32.1. The van der Waals surface area contributed by atoms with E-state index in [4.69, 9.17) is 9.47 Å². The fourth-order valence-corrected chi connectivity index (χ4v) is 4.88. The minimum atomic E-state index is -0.531. The fourth-order valence-electron chi connectivity index (χ4n) is 4.16. The summed E-state index contributed by atoms with van der Waals surface area (Å²) in [6.07, 6.45) is 1.45. The van der Waals surface area contributed by atoms with Crippen molar-refractivity contribution in [2.24, 2.45) is 0 Å². The predicted octanol–water partition coefficient (Wildman–Crippen LogP) is 2.68. The number of thiazole rings is 1. The molecule has 2 fully saturated rings. The van der Waals surface area contributed by atoms with Crippen molar-refractivity contribution in [3.05, 3.63) is 46.7 Å². The van der Waals surface area contributed by atoms with E-state index < -0.39 is 17.5 Å². The van der Waals surface area contributed by atoms with Gasteiger partial charge in [0.05, 0.1) is 25.3 Å². The van der Waals surface area contributed by atoms with Gasteiger partial charge in [-0.15, -0.1) is 11.3 Å². The van der Waals surface area contributed by atoms with Crippen LogP contribution in [0.1, 0.15) is 42.7 Å². The van der Waals surface area contributed by atoms with Gasteiger partial charge in [-0.2, -0.15) is 0 Å². The molecule has 0 saturated carbocycles. The molecular weight excluding hydrogens is 475 g/mol. The lowest BCUT2D eigenvalue weighted by Crippen LogP contribution is -2.47. The van der Waals surface area contributed by atoms with Gasteiger partial charge in [0.2, 0.25) is 11.8 Å². The molecule has 1 N–H and O–H groups in total. The number of benzene rings is 1. The molecular formula is C24H29FN4O5S. The van der Waals surface area contributed by atoms with Crippen molar-refractivity contribution in [3.63, 3.8) is 0 Å². The maximum absolute atomic E-state index is 13.2. The molecule has 35 heavy (non-hydrogen) atoms. The number of carbonyl (C=O) groups is 3. The third-order valence-corrected chi connectivity index (χ3v) is 6.92. The van der Waals surface area contributed by atoms with Crippen molar-refractivity contribution in [2.45, 2.75) is 44.9 Å². The predicted molar refractivity (Wildman–Crippen MR) is 127 cm³/mol. The van der Waals surface area contributed by atoms with Gasteiger partial charge in [-0.3, -0.25) is 14.4 Å². The van der Waals surface area contributed by atoms with Crippen LogP contribution < -0.4 is 5.32 Å². The van der Waals surface area contributed by atoms with E-state index >= 15 is 0 Å². The minimum Gasteiger partial charge on any atom is -0.347 e. The maximum Gasteiger partial charge on any atom is 0.254 e. The minimum absolute atomic E-state index is 0.0306. The average molecular weight is 505 g/mol. The molecule has 1 aromatic carbocycles. The second-order valence-corrected chi connectivity index (χ2v) is 9.75. The van der Waals surface area contributed by atoms with Crippen LogP contribution in [-0.4, -0.2) is 77.2 Å². The SMILES string of the molecule is CC(C)N(CC(=O)Nc1nc(CC(=O)N2CCC3(CC2)OCCO3)cs1)C(=O)c1ccc(F)cc1. The Labute approximate surface area is 207 Å². The summed E-state index contributed by atoms with van der Waals surface area (Å²) in [7, 11) is 0. The van der Waals surface area contributed by atoms with E-state index in [9.17, 15) is 18.8 Å². The second-order valence-electron chi connectivity index (χ2n) is 8.89. The molecule has 3 amide bonds. The summed E-state index contributed by atoms with van der Waals surface area (Å²) in [5, 5.41) is 4.81. The zero-order valence-corrected chi connectivity index (χ0v) is 20.6. The van der Waals surface area contributed by atoms with E-state index in [-0.39, 0.29) is 30.8 Å². The third-order valence-electron chi connectivity index (χ3n) is 6.11. The molecule has 2 aromatic rings. The summed E-state index contributed by atoms with van der Waals surface area (Å²) >= 11 is 1.22. The summed E-state index contributed by atoms with van der Waals surface area (Å²) in [6.45, 7) is 5.75. The summed E-state index contributed by atoms with van der Waals surface area (Å²) in [5.74, 6) is -1.76. The lowest BCUT2D eigenvalue weighted by molar-refractivity contribution is -0.187. The molecule has 1 spiro atoms. The van der Waals surface area contributed by atoms with Gasteiger partial charge in [-0.1, -0.05) is 0 Å². The molecule has 0 radical (unpaired) electrons. The number of piperidine rings is 1. The highest BCUT2D eigenvalue weighted by Crippen LogP contribution is 2.31. The first kappa shape index (κ1) is 25.2. The standard InChI is InChI=1S/C24H29FN4O5S/c1-16(2)29(22(32)17-3-5-18(25)6-4-17)14-20(30)27-23-26-19(15-35-23)13-21(31)28-9-7-24(8-10-28)33-11-12-34-24/h3-6,15-16H,7-14H2,1-2H3,(H,26,27,30). The van der Waals surface area contributed by atoms with Crippen LogP contribution >= 0.6 is 11.3 Å². The Morgan fingerprint density at radius 3 is 2.46 bits per heavy atom. The van der Waals surface area contributed by atoms with Crippen LogP contribution in [0.5, 0.6) is 0 Å². The van der Waals surface area contributed by atoms with Crippen molar-refractivity contribution in [1.29, 1.82) is 0 Å².